The Labute approximate surface area is 196 Å². The van der Waals surface area contributed by atoms with Crippen LogP contribution in [0.15, 0.2) is 0 Å². The molecule has 190 valence electrons. The topological polar surface area (TPSA) is 131 Å². The van der Waals surface area contributed by atoms with Crippen molar-refractivity contribution in [3.63, 3.8) is 0 Å². The molecule has 2 aliphatic heterocycles. The van der Waals surface area contributed by atoms with E-state index in [1.54, 1.807) is 5.32 Å². The third-order valence-corrected chi connectivity index (χ3v) is 6.25. The maximum absolute atomic E-state index is 13.4. The van der Waals surface area contributed by atoms with Crippen LogP contribution in [0.1, 0.15) is 53.4 Å². The van der Waals surface area contributed by atoms with E-state index >= 15 is 0 Å². The lowest BCUT2D eigenvalue weighted by Crippen LogP contribution is -2.62. The summed E-state index contributed by atoms with van der Waals surface area (Å²) in [6.45, 7) is 7.06. The number of carbonyl (C=O) groups is 4. The number of nitrogens with one attached hydrogen (secondary N) is 3. The van der Waals surface area contributed by atoms with Gasteiger partial charge in [-0.15, -0.1) is 0 Å². The highest BCUT2D eigenvalue weighted by atomic mass is 19.4. The first-order valence-corrected chi connectivity index (χ1v) is 11.3. The number of carbonyl (C=O) groups excluding carboxylic acids is 4. The molecule has 0 aromatic carbocycles. The SMILES string of the molecule is CC1CCN(C(=O)[C@@H](NC(=O)C(F)(F)F)C(C)(C)C)C(C(=O)N[C@H](C#N)C[C@@H]2CCNC2=O)C1. The van der Waals surface area contributed by atoms with Gasteiger partial charge in [0.15, 0.2) is 0 Å². The van der Waals surface area contributed by atoms with E-state index in [0.29, 0.717) is 19.4 Å². The normalized spacial score (nSPS) is 25.1. The number of alkyl halides is 3. The molecule has 12 heteroatoms. The van der Waals surface area contributed by atoms with Crippen molar-refractivity contribution in [1.82, 2.24) is 20.9 Å². The van der Waals surface area contributed by atoms with Gasteiger partial charge in [-0.1, -0.05) is 27.7 Å². The van der Waals surface area contributed by atoms with Gasteiger partial charge in [0, 0.05) is 19.0 Å². The Morgan fingerprint density at radius 2 is 1.85 bits per heavy atom. The molecule has 2 aliphatic rings. The monoisotopic (exact) mass is 487 g/mol. The Morgan fingerprint density at radius 1 is 1.21 bits per heavy atom. The summed E-state index contributed by atoms with van der Waals surface area (Å²) in [5, 5.41) is 16.5. The fraction of sp³-hybridized carbons (Fsp3) is 0.773. The maximum Gasteiger partial charge on any atom is 0.471 e. The number of likely N-dealkylation sites (tertiary alicyclic amines) is 1. The first-order valence-electron chi connectivity index (χ1n) is 11.3. The second-order valence-electron chi connectivity index (χ2n) is 10.1. The Bertz CT molecular complexity index is 849. The van der Waals surface area contributed by atoms with E-state index in [2.05, 4.69) is 10.6 Å². The van der Waals surface area contributed by atoms with E-state index in [1.165, 1.54) is 25.7 Å². The second kappa shape index (κ2) is 10.6. The van der Waals surface area contributed by atoms with Crippen molar-refractivity contribution in [2.75, 3.05) is 13.1 Å². The number of hydrogen-bond donors (Lipinski definition) is 3. The highest BCUT2D eigenvalue weighted by Crippen LogP contribution is 2.29. The summed E-state index contributed by atoms with van der Waals surface area (Å²) in [7, 11) is 0. The van der Waals surface area contributed by atoms with Crippen LogP contribution in [0, 0.1) is 28.6 Å². The zero-order chi connectivity index (χ0) is 25.8. The predicted octanol–water partition coefficient (Wildman–Crippen LogP) is 1.24. The van der Waals surface area contributed by atoms with Crippen molar-refractivity contribution >= 4 is 23.6 Å². The molecule has 0 saturated carbocycles. The molecular weight excluding hydrogens is 455 g/mol. The fourth-order valence-corrected chi connectivity index (χ4v) is 4.25. The second-order valence-corrected chi connectivity index (χ2v) is 10.1. The van der Waals surface area contributed by atoms with Gasteiger partial charge >= 0.3 is 12.1 Å². The average molecular weight is 488 g/mol. The van der Waals surface area contributed by atoms with Gasteiger partial charge in [-0.25, -0.2) is 0 Å². The van der Waals surface area contributed by atoms with Gasteiger partial charge in [0.1, 0.15) is 18.1 Å². The molecule has 3 N–H and O–H groups in total. The predicted molar refractivity (Wildman–Crippen MR) is 115 cm³/mol. The van der Waals surface area contributed by atoms with Crippen molar-refractivity contribution in [2.24, 2.45) is 17.3 Å². The maximum atomic E-state index is 13.4. The Hall–Kier alpha value is -2.84. The highest BCUT2D eigenvalue weighted by Gasteiger charge is 2.46. The molecule has 0 aromatic rings. The van der Waals surface area contributed by atoms with Crippen molar-refractivity contribution in [3.8, 4) is 6.07 Å². The first-order chi connectivity index (χ1) is 15.6. The highest BCUT2D eigenvalue weighted by molar-refractivity contribution is 5.94. The molecule has 5 atom stereocenters. The fourth-order valence-electron chi connectivity index (χ4n) is 4.25. The number of nitriles is 1. The van der Waals surface area contributed by atoms with E-state index in [-0.39, 0.29) is 31.2 Å². The zero-order valence-corrected chi connectivity index (χ0v) is 19.8. The summed E-state index contributed by atoms with van der Waals surface area (Å²) in [5.74, 6) is -4.17. The lowest BCUT2D eigenvalue weighted by Gasteiger charge is -2.42. The van der Waals surface area contributed by atoms with Crippen LogP contribution >= 0.6 is 0 Å². The van der Waals surface area contributed by atoms with E-state index in [0.717, 1.165) is 0 Å². The van der Waals surface area contributed by atoms with Gasteiger partial charge in [-0.3, -0.25) is 19.2 Å². The van der Waals surface area contributed by atoms with E-state index in [4.69, 9.17) is 0 Å². The van der Waals surface area contributed by atoms with Crippen LogP contribution < -0.4 is 16.0 Å². The minimum atomic E-state index is -5.16. The van der Waals surface area contributed by atoms with Crippen LogP contribution in [0.4, 0.5) is 13.2 Å². The van der Waals surface area contributed by atoms with Crippen molar-refractivity contribution in [2.45, 2.75) is 77.7 Å². The standard InChI is InChI=1S/C22H32F3N5O4/c1-12-6-8-30(19(33)16(21(2,3)4)29-20(34)22(23,24)25)15(9-12)18(32)28-14(11-26)10-13-5-7-27-17(13)31/h12-16H,5-10H2,1-4H3,(H,27,31)(H,28,32)(H,29,34)/t12?,13-,14-,15?,16+/m0/s1. The van der Waals surface area contributed by atoms with E-state index in [9.17, 15) is 37.6 Å². The van der Waals surface area contributed by atoms with E-state index < -0.39 is 53.4 Å². The van der Waals surface area contributed by atoms with Crippen LogP contribution in [0.25, 0.3) is 0 Å². The van der Waals surface area contributed by atoms with E-state index in [1.807, 2.05) is 13.0 Å². The van der Waals surface area contributed by atoms with Gasteiger partial charge in [0.05, 0.1) is 6.07 Å². The van der Waals surface area contributed by atoms with Crippen molar-refractivity contribution in [3.05, 3.63) is 0 Å². The molecule has 2 rings (SSSR count). The quantitative estimate of drug-likeness (QED) is 0.519. The van der Waals surface area contributed by atoms with Gasteiger partial charge in [0.2, 0.25) is 17.7 Å². The third-order valence-electron chi connectivity index (χ3n) is 6.25. The van der Waals surface area contributed by atoms with Crippen LogP contribution in [0.2, 0.25) is 0 Å². The Kier molecular flexibility index (Phi) is 8.55. The van der Waals surface area contributed by atoms with Crippen LogP contribution in [0.5, 0.6) is 0 Å². The number of piperidine rings is 1. The zero-order valence-electron chi connectivity index (χ0n) is 19.8. The molecule has 2 unspecified atom stereocenters. The van der Waals surface area contributed by atoms with Crippen molar-refractivity contribution in [1.29, 1.82) is 5.26 Å². The minimum absolute atomic E-state index is 0.0544. The Morgan fingerprint density at radius 3 is 2.35 bits per heavy atom. The van der Waals surface area contributed by atoms with Gasteiger partial charge in [0.25, 0.3) is 0 Å². The number of rotatable bonds is 6. The molecule has 0 aromatic heterocycles. The molecule has 2 heterocycles. The lowest BCUT2D eigenvalue weighted by molar-refractivity contribution is -0.176. The Balaban J connectivity index is 2.21. The van der Waals surface area contributed by atoms with Crippen LogP contribution in [-0.4, -0.2) is 65.9 Å². The smallest absolute Gasteiger partial charge is 0.356 e. The van der Waals surface area contributed by atoms with Gasteiger partial charge < -0.3 is 20.9 Å². The molecule has 2 fully saturated rings. The molecule has 0 spiro atoms. The number of nitrogens with zero attached hydrogens (tertiary/aromatic N) is 2. The summed E-state index contributed by atoms with van der Waals surface area (Å²) < 4.78 is 38.6. The number of halogens is 3. The van der Waals surface area contributed by atoms with Gasteiger partial charge in [-0.05, 0) is 37.0 Å². The molecule has 0 radical (unpaired) electrons. The third kappa shape index (κ3) is 6.84. The summed E-state index contributed by atoms with van der Waals surface area (Å²) in [5.41, 5.74) is -1.06. The van der Waals surface area contributed by atoms with Gasteiger partial charge in [-0.2, -0.15) is 18.4 Å². The van der Waals surface area contributed by atoms with Crippen LogP contribution in [0.3, 0.4) is 0 Å². The molecule has 9 nitrogen and oxygen atoms in total. The molecular formula is C22H32F3N5O4. The number of amides is 4. The molecule has 0 bridgehead atoms. The largest absolute Gasteiger partial charge is 0.471 e. The summed E-state index contributed by atoms with van der Waals surface area (Å²) >= 11 is 0. The molecule has 2 saturated heterocycles. The first kappa shape index (κ1) is 27.4. The molecule has 34 heavy (non-hydrogen) atoms. The molecule has 0 aliphatic carbocycles. The summed E-state index contributed by atoms with van der Waals surface area (Å²) in [6.07, 6.45) is -3.71. The summed E-state index contributed by atoms with van der Waals surface area (Å²) in [4.78, 5) is 51.1. The summed E-state index contributed by atoms with van der Waals surface area (Å²) in [6, 6.07) is -1.52. The number of hydrogen-bond acceptors (Lipinski definition) is 5. The lowest BCUT2D eigenvalue weighted by atomic mass is 9.83. The van der Waals surface area contributed by atoms with Crippen molar-refractivity contribution < 1.29 is 32.3 Å². The minimum Gasteiger partial charge on any atom is -0.356 e. The average Bonchev–Trinajstić information content (AvgIpc) is 3.13. The van der Waals surface area contributed by atoms with Crippen LogP contribution in [-0.2, 0) is 19.2 Å². The molecule has 4 amide bonds.